The molecule has 1 fully saturated rings. The van der Waals surface area contributed by atoms with Crippen molar-refractivity contribution in [2.45, 2.75) is 58.5 Å². The third kappa shape index (κ3) is 5.90. The van der Waals surface area contributed by atoms with E-state index in [9.17, 15) is 9.90 Å². The second kappa shape index (κ2) is 9.14. The van der Waals surface area contributed by atoms with Crippen molar-refractivity contribution >= 4 is 11.4 Å². The summed E-state index contributed by atoms with van der Waals surface area (Å²) in [5.74, 6) is 0.197. The zero-order valence-electron chi connectivity index (χ0n) is 16.9. The van der Waals surface area contributed by atoms with Gasteiger partial charge in [-0.2, -0.15) is 0 Å². The van der Waals surface area contributed by atoms with Gasteiger partial charge < -0.3 is 5.11 Å². The van der Waals surface area contributed by atoms with Gasteiger partial charge in [-0.1, -0.05) is 107 Å². The molecule has 144 valence electrons. The molecule has 2 aromatic rings. The molecule has 0 saturated heterocycles. The van der Waals surface area contributed by atoms with Crippen molar-refractivity contribution < 1.29 is 9.90 Å². The van der Waals surface area contributed by atoms with Crippen molar-refractivity contribution in [2.75, 3.05) is 0 Å². The number of Topliss-reactive ketones (excluding diaryl/α,β-unsaturated/α-hetero) is 1. The van der Waals surface area contributed by atoms with Crippen LogP contribution in [-0.4, -0.2) is 16.5 Å². The van der Waals surface area contributed by atoms with Crippen LogP contribution in [0.4, 0.5) is 0 Å². The summed E-state index contributed by atoms with van der Waals surface area (Å²) in [5.41, 5.74) is 1.83. The van der Waals surface area contributed by atoms with Gasteiger partial charge in [-0.15, -0.1) is 0 Å². The highest BCUT2D eigenvalue weighted by molar-refractivity contribution is 5.99. The first-order chi connectivity index (χ1) is 12.7. The van der Waals surface area contributed by atoms with Crippen molar-refractivity contribution in [3.8, 4) is 0 Å². The zero-order valence-corrected chi connectivity index (χ0v) is 16.9. The second-order valence-electron chi connectivity index (χ2n) is 8.38. The smallest absolute Gasteiger partial charge is 0.168 e. The van der Waals surface area contributed by atoms with Gasteiger partial charge in [0.25, 0.3) is 0 Å². The fourth-order valence-electron chi connectivity index (χ4n) is 3.37. The summed E-state index contributed by atoms with van der Waals surface area (Å²) >= 11 is 0. The van der Waals surface area contributed by atoms with Crippen LogP contribution in [-0.2, 0) is 0 Å². The lowest BCUT2D eigenvalue weighted by Gasteiger charge is -2.34. The highest BCUT2D eigenvalue weighted by Crippen LogP contribution is 2.37. The first-order valence-corrected chi connectivity index (χ1v) is 9.81. The van der Waals surface area contributed by atoms with Gasteiger partial charge in [-0.3, -0.25) is 4.79 Å². The molecule has 2 heteroatoms. The van der Waals surface area contributed by atoms with Crippen LogP contribution in [0.3, 0.4) is 0 Å². The Bertz CT molecular complexity index is 733. The topological polar surface area (TPSA) is 37.3 Å². The molecule has 3 rings (SSSR count). The average molecular weight is 365 g/mol. The van der Waals surface area contributed by atoms with Crippen LogP contribution in [0.15, 0.2) is 67.2 Å². The lowest BCUT2D eigenvalue weighted by atomic mass is 9.77. The van der Waals surface area contributed by atoms with E-state index < -0.39 is 5.60 Å². The number of benzene rings is 2. The van der Waals surface area contributed by atoms with Crippen LogP contribution in [0.1, 0.15) is 68.8 Å². The molecule has 0 radical (unpaired) electrons. The maximum absolute atomic E-state index is 11.7. The van der Waals surface area contributed by atoms with Gasteiger partial charge in [0.2, 0.25) is 0 Å². The van der Waals surface area contributed by atoms with Gasteiger partial charge >= 0.3 is 0 Å². The normalized spacial score (nSPS) is 16.0. The van der Waals surface area contributed by atoms with Crippen LogP contribution in [0.25, 0.3) is 5.57 Å². The lowest BCUT2D eigenvalue weighted by Crippen LogP contribution is -2.32. The molecule has 2 aromatic carbocycles. The molecule has 0 unspecified atom stereocenters. The van der Waals surface area contributed by atoms with Gasteiger partial charge in [-0.25, -0.2) is 0 Å². The molecular weight excluding hydrogens is 332 g/mol. The van der Waals surface area contributed by atoms with E-state index >= 15 is 0 Å². The molecule has 27 heavy (non-hydrogen) atoms. The second-order valence-corrected chi connectivity index (χ2v) is 8.38. The van der Waals surface area contributed by atoms with Crippen LogP contribution in [0.5, 0.6) is 0 Å². The quantitative estimate of drug-likeness (QED) is 0.648. The van der Waals surface area contributed by atoms with Crippen molar-refractivity contribution in [1.29, 1.82) is 0 Å². The summed E-state index contributed by atoms with van der Waals surface area (Å²) in [6.07, 6.45) is 5.19. The molecule has 1 aliphatic carbocycles. The predicted octanol–water partition coefficient (Wildman–Crippen LogP) is 6.31. The zero-order chi connectivity index (χ0) is 19.9. The number of rotatable bonds is 3. The van der Waals surface area contributed by atoms with Crippen LogP contribution >= 0.6 is 0 Å². The summed E-state index contributed by atoms with van der Waals surface area (Å²) < 4.78 is 0. The Morgan fingerprint density at radius 3 is 1.74 bits per heavy atom. The average Bonchev–Trinajstić information content (AvgIpc) is 2.68. The van der Waals surface area contributed by atoms with E-state index in [1.54, 1.807) is 0 Å². The Hall–Kier alpha value is -2.19. The van der Waals surface area contributed by atoms with Crippen molar-refractivity contribution in [3.05, 3.63) is 78.4 Å². The minimum Gasteiger partial charge on any atom is -0.385 e. The van der Waals surface area contributed by atoms with E-state index in [1.165, 1.54) is 6.42 Å². The van der Waals surface area contributed by atoms with Crippen LogP contribution in [0.2, 0.25) is 0 Å². The number of carbonyl (C=O) groups excluding carboxylic acids is 1. The fraction of sp³-hybridized carbons (Fsp3) is 0.400. The Kier molecular flexibility index (Phi) is 7.15. The van der Waals surface area contributed by atoms with Crippen molar-refractivity contribution in [3.63, 3.8) is 0 Å². The maximum Gasteiger partial charge on any atom is 0.168 e. The third-order valence-corrected chi connectivity index (χ3v) is 5.08. The van der Waals surface area contributed by atoms with Gasteiger partial charge in [0, 0.05) is 11.0 Å². The summed E-state index contributed by atoms with van der Waals surface area (Å²) in [7, 11) is 0. The summed E-state index contributed by atoms with van der Waals surface area (Å²) in [5, 5.41) is 10.5. The third-order valence-electron chi connectivity index (χ3n) is 5.08. The first kappa shape index (κ1) is 21.1. The largest absolute Gasteiger partial charge is 0.385 e. The minimum absolute atomic E-state index is 0.197. The lowest BCUT2D eigenvalue weighted by molar-refractivity contribution is 0.0616. The van der Waals surface area contributed by atoms with Crippen LogP contribution < -0.4 is 0 Å². The summed E-state index contributed by atoms with van der Waals surface area (Å²) in [4.78, 5) is 11.7. The molecule has 0 bridgehead atoms. The number of carbonyl (C=O) groups is 1. The van der Waals surface area contributed by atoms with Gasteiger partial charge in [-0.05, 0) is 24.0 Å². The molecule has 0 aromatic heterocycles. The molecule has 0 amide bonds. The van der Waals surface area contributed by atoms with Crippen molar-refractivity contribution in [1.82, 2.24) is 0 Å². The molecule has 1 aliphatic rings. The van der Waals surface area contributed by atoms with E-state index in [-0.39, 0.29) is 11.2 Å². The highest BCUT2D eigenvalue weighted by Gasteiger charge is 2.32. The molecule has 0 atom stereocenters. The molecule has 0 heterocycles. The first-order valence-electron chi connectivity index (χ1n) is 9.81. The summed E-state index contributed by atoms with van der Waals surface area (Å²) in [6, 6.07) is 19.4. The minimum atomic E-state index is -0.653. The van der Waals surface area contributed by atoms with Crippen molar-refractivity contribution in [2.24, 2.45) is 5.41 Å². The van der Waals surface area contributed by atoms with Gasteiger partial charge in [0.1, 0.15) is 0 Å². The maximum atomic E-state index is 11.7. The monoisotopic (exact) mass is 364 g/mol. The Balaban J connectivity index is 0.000000199. The van der Waals surface area contributed by atoms with E-state index in [2.05, 4.69) is 6.58 Å². The van der Waals surface area contributed by atoms with Gasteiger partial charge in [0.15, 0.2) is 5.78 Å². The standard InChI is InChI=1S/C14H18O.C11H14O/c1-12(13-8-4-2-5-9-13)14(15)10-6-3-7-11-14;1-11(2,3)10(12)9-7-5-4-6-8-9/h2,4-5,8-9,15H,1,3,6-7,10-11H2;4-8H,1-3H3. The number of ketones is 1. The Morgan fingerprint density at radius 2 is 1.30 bits per heavy atom. The van der Waals surface area contributed by atoms with E-state index in [0.29, 0.717) is 0 Å². The number of hydrogen-bond donors (Lipinski definition) is 1. The highest BCUT2D eigenvalue weighted by atomic mass is 16.3. The molecule has 2 nitrogen and oxygen atoms in total. The fourth-order valence-corrected chi connectivity index (χ4v) is 3.37. The number of hydrogen-bond acceptors (Lipinski definition) is 2. The molecular formula is C25H32O2. The Labute approximate surface area is 163 Å². The molecule has 1 N–H and O–H groups in total. The van der Waals surface area contributed by atoms with E-state index in [1.807, 2.05) is 81.4 Å². The molecule has 0 aliphatic heterocycles. The van der Waals surface area contributed by atoms with Crippen LogP contribution in [0, 0.1) is 5.41 Å². The molecule has 0 spiro atoms. The van der Waals surface area contributed by atoms with Gasteiger partial charge in [0.05, 0.1) is 5.60 Å². The Morgan fingerprint density at radius 1 is 0.852 bits per heavy atom. The molecule has 1 saturated carbocycles. The van der Waals surface area contributed by atoms with E-state index in [4.69, 9.17) is 0 Å². The summed E-state index contributed by atoms with van der Waals surface area (Å²) in [6.45, 7) is 9.87. The number of aliphatic hydroxyl groups is 1. The SMILES string of the molecule is C=C(c1ccccc1)C1(O)CCCCC1.CC(C)(C)C(=O)c1ccccc1. The van der Waals surface area contributed by atoms with E-state index in [0.717, 1.165) is 42.4 Å². The predicted molar refractivity (Wildman–Crippen MR) is 114 cm³/mol.